The van der Waals surface area contributed by atoms with Gasteiger partial charge in [0.2, 0.25) is 47.4 Å². The number of ether oxygens (including phenoxy) is 1. The first kappa shape index (κ1) is 87.4. The molecule has 4 amide bonds. The van der Waals surface area contributed by atoms with Crippen molar-refractivity contribution in [1.82, 2.24) is 79.5 Å². The predicted molar refractivity (Wildman–Crippen MR) is 479 cm³/mol. The standard InChI is InChI=1S/C26H33FN6O2.C23H29FN6O.C22H28N6O.C21H26N6O/c1-2-24(34)33-9-3-4-22(15-33)29-25-23(27)13-28-26(31-25)30-21-6-5-19-7-10-32(11-8-20(19)12-21)14-18-16-35-17-18;1-3-21(31)30-10-4-5-19(15-30)26-22-20(24)14-25-23(28-22)27-18-7-6-16-8-11-29(2)12-9-17(16)13-18;1-4-20(29)28-9-5-6-19(14-28)24-21-15(2)11-23-22(26-21)25-18-8-7-16-12-27(3)13-17(16)10-18;1-3-19(28)27-8-4-5-18(13-27)24-20-14(2)10-23-21(26-20)25-17-7-6-15-11-22-12-16(15)9-17/h2,5-6,12-13,18,22H,1,3-4,7-11,14-17H2,(H2,28,29,30,31);3,6-7,13-14,19H,1,4-5,8-12,15H2,2H3,(H2,25,26,27,28);4,7-8,10-11,19H,1,5-6,9,12-14H2,2-3H3,(H2,23,24,25,26);3,6-7,9-10,18,22H,1,4-5,8,11-13H2,2H3,(H2,23,24,25,26)/t22-;2*19-;18-/m1111/s1. The van der Waals surface area contributed by atoms with Gasteiger partial charge in [-0.3, -0.25) is 24.1 Å². The number of benzene rings is 4. The number of hydrogen-bond acceptors (Lipinski definition) is 25. The Balaban J connectivity index is 0.000000134. The topological polar surface area (TPSA) is 312 Å². The molecular formula is C92H116F2N24O5. The highest BCUT2D eigenvalue weighted by molar-refractivity contribution is 5.88. The van der Waals surface area contributed by atoms with Crippen molar-refractivity contribution < 1.29 is 32.7 Å². The number of anilines is 12. The summed E-state index contributed by atoms with van der Waals surface area (Å²) in [5, 5.41) is 29.8. The number of hydrogen-bond donors (Lipinski definition) is 9. The van der Waals surface area contributed by atoms with Gasteiger partial charge in [-0.1, -0.05) is 50.6 Å². The maximum absolute atomic E-state index is 14.5. The van der Waals surface area contributed by atoms with Crippen molar-refractivity contribution in [3.63, 3.8) is 0 Å². The molecule has 5 saturated heterocycles. The second-order valence-corrected chi connectivity index (χ2v) is 33.3. The van der Waals surface area contributed by atoms with E-state index in [4.69, 9.17) is 9.72 Å². The van der Waals surface area contributed by atoms with Crippen LogP contribution in [0.5, 0.6) is 0 Å². The van der Waals surface area contributed by atoms with Crippen LogP contribution in [-0.4, -0.2) is 234 Å². The first-order valence-electron chi connectivity index (χ1n) is 43.1. The van der Waals surface area contributed by atoms with Crippen LogP contribution in [0.4, 0.5) is 78.6 Å². The molecule has 4 aromatic carbocycles. The fourth-order valence-corrected chi connectivity index (χ4v) is 17.1. The second-order valence-electron chi connectivity index (χ2n) is 33.3. The monoisotopic (exact) mass is 1670 g/mol. The molecule has 648 valence electrons. The Bertz CT molecular complexity index is 5110. The van der Waals surface area contributed by atoms with E-state index in [1.165, 1.54) is 81.2 Å². The number of aromatic nitrogens is 8. The molecule has 29 nitrogen and oxygen atoms in total. The maximum Gasteiger partial charge on any atom is 0.246 e. The zero-order valence-electron chi connectivity index (χ0n) is 71.2. The molecule has 0 saturated carbocycles. The maximum atomic E-state index is 14.5. The van der Waals surface area contributed by atoms with Crippen molar-refractivity contribution in [1.29, 1.82) is 0 Å². The van der Waals surface area contributed by atoms with Gasteiger partial charge in [0.25, 0.3) is 0 Å². The number of amides is 4. The lowest BCUT2D eigenvalue weighted by atomic mass is 10.0. The third-order valence-electron chi connectivity index (χ3n) is 23.9. The molecule has 0 unspecified atom stereocenters. The van der Waals surface area contributed by atoms with Gasteiger partial charge < -0.3 is 82.0 Å². The second kappa shape index (κ2) is 41.8. The Morgan fingerprint density at radius 2 is 0.764 bits per heavy atom. The number of carbonyl (C=O) groups excluding carboxylic acids is 4. The number of carbonyl (C=O) groups is 4. The van der Waals surface area contributed by atoms with Crippen LogP contribution >= 0.6 is 0 Å². The number of fused-ring (bicyclic) bond motifs is 4. The zero-order chi connectivity index (χ0) is 85.9. The van der Waals surface area contributed by atoms with Gasteiger partial charge in [0, 0.05) is 188 Å². The van der Waals surface area contributed by atoms with Gasteiger partial charge in [0.1, 0.15) is 11.6 Å². The molecule has 0 radical (unpaired) electrons. The highest BCUT2D eigenvalue weighted by Crippen LogP contribution is 2.32. The van der Waals surface area contributed by atoms with E-state index in [0.717, 1.165) is 208 Å². The minimum Gasteiger partial charge on any atom is -0.381 e. The van der Waals surface area contributed by atoms with Crippen molar-refractivity contribution >= 4 is 93.4 Å². The molecule has 4 aromatic heterocycles. The minimum atomic E-state index is -0.512. The molecule has 123 heavy (non-hydrogen) atoms. The molecule has 8 aromatic rings. The van der Waals surface area contributed by atoms with Gasteiger partial charge in [0.15, 0.2) is 23.3 Å². The summed E-state index contributed by atoms with van der Waals surface area (Å²) >= 11 is 0. The van der Waals surface area contributed by atoms with E-state index in [2.05, 4.69) is 199 Å². The molecular weight excluding hydrogens is 1560 g/mol. The van der Waals surface area contributed by atoms with Crippen LogP contribution in [-0.2, 0) is 75.8 Å². The van der Waals surface area contributed by atoms with E-state index in [1.807, 2.05) is 48.2 Å². The lowest BCUT2D eigenvalue weighted by molar-refractivity contribution is -0.127. The van der Waals surface area contributed by atoms with E-state index in [1.54, 1.807) is 9.80 Å². The van der Waals surface area contributed by atoms with Crippen molar-refractivity contribution in [2.75, 3.05) is 155 Å². The number of nitrogens with zero attached hydrogens (tertiary/aromatic N) is 15. The SMILES string of the molecule is C=CC(=O)N1CCC[C@@H](Nc2nc(Nc3ccc4c(c3)CCN(C)CC4)ncc2F)C1.C=CC(=O)N1CCC[C@@H](Nc2nc(Nc3ccc4c(c3)CCN(CC3COC3)CC4)ncc2F)C1.C=CC(=O)N1CCC[C@@H](Nc2nc(Nc3ccc4c(c3)CN(C)C4)ncc2C)C1.C=CC(=O)N1CCC[C@@H](Nc2nc(Nc3ccc4c(c3)CNC4)ncc2C)C1. The third kappa shape index (κ3) is 23.9. The summed E-state index contributed by atoms with van der Waals surface area (Å²) in [4.78, 5) is 97.2. The Hall–Kier alpha value is -11.9. The molecule has 0 spiro atoms. The Kier molecular flexibility index (Phi) is 29.7. The molecule has 0 aliphatic carbocycles. The smallest absolute Gasteiger partial charge is 0.246 e. The number of rotatable bonds is 22. The number of halogens is 2. The van der Waals surface area contributed by atoms with Crippen molar-refractivity contribution in [3.8, 4) is 0 Å². The lowest BCUT2D eigenvalue weighted by Gasteiger charge is -2.33. The summed E-state index contributed by atoms with van der Waals surface area (Å²) in [5.74, 6) is 3.12. The summed E-state index contributed by atoms with van der Waals surface area (Å²) in [6, 6.07) is 25.6. The number of likely N-dealkylation sites (tertiary alicyclic amines) is 4. The van der Waals surface area contributed by atoms with Crippen LogP contribution in [0.3, 0.4) is 0 Å². The first-order valence-corrected chi connectivity index (χ1v) is 43.1. The number of piperidine rings is 4. The summed E-state index contributed by atoms with van der Waals surface area (Å²) < 4.78 is 34.2. The molecule has 4 atom stereocenters. The van der Waals surface area contributed by atoms with Gasteiger partial charge in [-0.2, -0.15) is 19.9 Å². The quantitative estimate of drug-likeness (QED) is 0.0285. The van der Waals surface area contributed by atoms with Gasteiger partial charge in [-0.05, 0) is 222 Å². The summed E-state index contributed by atoms with van der Waals surface area (Å²) in [5.41, 5.74) is 16.5. The van der Waals surface area contributed by atoms with Crippen molar-refractivity contribution in [3.05, 3.63) is 215 Å². The average Bonchev–Trinajstić information content (AvgIpc) is 1.78. The largest absolute Gasteiger partial charge is 0.381 e. The van der Waals surface area contributed by atoms with Crippen LogP contribution in [0, 0.1) is 31.4 Å². The average molecular weight is 1680 g/mol. The highest BCUT2D eigenvalue weighted by atomic mass is 19.1. The Morgan fingerprint density at radius 1 is 0.423 bits per heavy atom. The van der Waals surface area contributed by atoms with Crippen LogP contribution in [0.1, 0.15) is 107 Å². The minimum absolute atomic E-state index is 0.0134. The Labute approximate surface area is 719 Å². The number of aryl methyl sites for hydroxylation is 2. The molecule has 31 heteroatoms. The van der Waals surface area contributed by atoms with Crippen LogP contribution in [0.2, 0.25) is 0 Å². The molecule has 17 rings (SSSR count). The zero-order valence-corrected chi connectivity index (χ0v) is 71.2. The van der Waals surface area contributed by atoms with Crippen LogP contribution in [0.25, 0.3) is 0 Å². The molecule has 9 aliphatic heterocycles. The summed E-state index contributed by atoms with van der Waals surface area (Å²) in [6.07, 6.45) is 22.8. The van der Waals surface area contributed by atoms with Gasteiger partial charge in [0.05, 0.1) is 25.6 Å². The fraction of sp³-hybridized carbons (Fsp3) is 0.435. The molecule has 9 aliphatic rings. The molecule has 0 bridgehead atoms. The van der Waals surface area contributed by atoms with E-state index in [0.29, 0.717) is 69.0 Å². The highest BCUT2D eigenvalue weighted by Gasteiger charge is 2.30. The first-order chi connectivity index (χ1) is 59.7. The van der Waals surface area contributed by atoms with Crippen molar-refractivity contribution in [2.24, 2.45) is 5.92 Å². The van der Waals surface area contributed by atoms with Gasteiger partial charge in [-0.25, -0.2) is 28.7 Å². The van der Waals surface area contributed by atoms with E-state index in [-0.39, 0.29) is 59.4 Å². The number of nitrogens with one attached hydrogen (secondary N) is 9. The van der Waals surface area contributed by atoms with Gasteiger partial charge in [-0.15, -0.1) is 0 Å². The van der Waals surface area contributed by atoms with Crippen LogP contribution < -0.4 is 47.9 Å². The van der Waals surface area contributed by atoms with Crippen molar-refractivity contribution in [2.45, 2.75) is 141 Å². The summed E-state index contributed by atoms with van der Waals surface area (Å²) in [6.45, 7) is 34.4. The fourth-order valence-electron chi connectivity index (χ4n) is 17.1. The van der Waals surface area contributed by atoms with E-state index < -0.39 is 11.6 Å². The molecule has 9 N–H and O–H groups in total. The summed E-state index contributed by atoms with van der Waals surface area (Å²) in [7, 11) is 4.27. The molecule has 5 fully saturated rings. The van der Waals surface area contributed by atoms with E-state index >= 15 is 0 Å². The molecule has 13 heterocycles. The third-order valence-corrected chi connectivity index (χ3v) is 23.9. The van der Waals surface area contributed by atoms with E-state index in [9.17, 15) is 28.0 Å². The predicted octanol–water partition coefficient (Wildman–Crippen LogP) is 11.8. The van der Waals surface area contributed by atoms with Gasteiger partial charge >= 0.3 is 0 Å². The normalized spacial score (nSPS) is 19.5. The van der Waals surface area contributed by atoms with Crippen LogP contribution in [0.15, 0.2) is 148 Å². The Morgan fingerprint density at radius 3 is 1.18 bits per heavy atom. The number of likely N-dealkylation sites (N-methyl/N-ethyl adjacent to an activating group) is 1. The lowest BCUT2D eigenvalue weighted by Crippen LogP contribution is -2.44.